The Bertz CT molecular complexity index is 170. The van der Waals surface area contributed by atoms with E-state index in [2.05, 4.69) is 5.32 Å². The first-order chi connectivity index (χ1) is 6.49. The minimum atomic E-state index is -1.42. The molecule has 6 heteroatoms. The van der Waals surface area contributed by atoms with E-state index in [-0.39, 0.29) is 6.10 Å². The van der Waals surface area contributed by atoms with Gasteiger partial charge in [0.1, 0.15) is 5.54 Å². The van der Waals surface area contributed by atoms with Gasteiger partial charge in [0.05, 0.1) is 25.9 Å². The van der Waals surface area contributed by atoms with Crippen molar-refractivity contribution in [2.75, 3.05) is 19.8 Å². The van der Waals surface area contributed by atoms with E-state index in [1.54, 1.807) is 13.8 Å². The summed E-state index contributed by atoms with van der Waals surface area (Å²) in [5.41, 5.74) is -1.42. The topological polar surface area (TPSA) is 99.0 Å². The van der Waals surface area contributed by atoms with Crippen LogP contribution in [0.25, 0.3) is 0 Å². The highest BCUT2D eigenvalue weighted by Gasteiger charge is 2.30. The zero-order chi connectivity index (χ0) is 11.2. The molecule has 0 spiro atoms. The average Bonchev–Trinajstić information content (AvgIpc) is 2.13. The van der Waals surface area contributed by atoms with Crippen LogP contribution in [0.4, 0.5) is 4.79 Å². The van der Waals surface area contributed by atoms with Gasteiger partial charge in [-0.05, 0) is 13.8 Å². The monoisotopic (exact) mass is 207 g/mol. The number of aliphatic hydroxyl groups is 3. The van der Waals surface area contributed by atoms with Gasteiger partial charge in [-0.3, -0.25) is 0 Å². The van der Waals surface area contributed by atoms with Gasteiger partial charge >= 0.3 is 6.09 Å². The second-order valence-electron chi connectivity index (χ2n) is 3.33. The van der Waals surface area contributed by atoms with E-state index >= 15 is 0 Å². The molecule has 6 nitrogen and oxygen atoms in total. The molecule has 0 radical (unpaired) electrons. The number of carbonyl (C=O) groups excluding carboxylic acids is 1. The molecule has 4 N–H and O–H groups in total. The fourth-order valence-corrected chi connectivity index (χ4v) is 0.729. The van der Waals surface area contributed by atoms with Gasteiger partial charge in [-0.15, -0.1) is 0 Å². The Labute approximate surface area is 82.5 Å². The smallest absolute Gasteiger partial charge is 0.408 e. The quantitative estimate of drug-likeness (QED) is 0.455. The van der Waals surface area contributed by atoms with E-state index in [0.717, 1.165) is 0 Å². The van der Waals surface area contributed by atoms with Gasteiger partial charge in [0.15, 0.2) is 0 Å². The molecule has 0 aliphatic rings. The molecule has 0 bridgehead atoms. The molecule has 0 heterocycles. The molecular weight excluding hydrogens is 190 g/mol. The number of aliphatic hydroxyl groups excluding tert-OH is 3. The minimum absolute atomic E-state index is 0.302. The summed E-state index contributed by atoms with van der Waals surface area (Å²) in [6, 6.07) is 0. The van der Waals surface area contributed by atoms with E-state index in [9.17, 15) is 4.79 Å². The van der Waals surface area contributed by atoms with Crippen molar-refractivity contribution < 1.29 is 24.9 Å². The number of hydrogen-bond donors (Lipinski definition) is 4. The Balaban J connectivity index is 4.22. The molecule has 0 aromatic heterocycles. The van der Waals surface area contributed by atoms with Crippen LogP contribution in [0.5, 0.6) is 0 Å². The molecule has 0 fully saturated rings. The van der Waals surface area contributed by atoms with Crippen LogP contribution in [0.2, 0.25) is 0 Å². The van der Waals surface area contributed by atoms with Crippen LogP contribution in [0.3, 0.4) is 0 Å². The van der Waals surface area contributed by atoms with E-state index < -0.39 is 31.5 Å². The van der Waals surface area contributed by atoms with Crippen molar-refractivity contribution in [3.63, 3.8) is 0 Å². The minimum Gasteiger partial charge on any atom is -0.447 e. The summed E-state index contributed by atoms with van der Waals surface area (Å²) >= 11 is 0. The number of hydrogen-bond acceptors (Lipinski definition) is 5. The maximum absolute atomic E-state index is 11.1. The number of amides is 1. The zero-order valence-electron chi connectivity index (χ0n) is 8.36. The van der Waals surface area contributed by atoms with Crippen molar-refractivity contribution in [3.05, 3.63) is 0 Å². The van der Waals surface area contributed by atoms with Crippen molar-refractivity contribution in [3.8, 4) is 0 Å². The molecule has 0 rings (SSSR count). The highest BCUT2D eigenvalue weighted by molar-refractivity contribution is 5.68. The van der Waals surface area contributed by atoms with Gasteiger partial charge in [0.2, 0.25) is 0 Å². The van der Waals surface area contributed by atoms with Crippen LogP contribution in [0.15, 0.2) is 0 Å². The van der Waals surface area contributed by atoms with Crippen molar-refractivity contribution in [2.45, 2.75) is 25.5 Å². The zero-order valence-corrected chi connectivity index (χ0v) is 8.36. The maximum atomic E-state index is 11.1. The molecule has 1 amide bonds. The summed E-state index contributed by atoms with van der Waals surface area (Å²) in [5.74, 6) is 0. The highest BCUT2D eigenvalue weighted by atomic mass is 16.6. The Morgan fingerprint density at radius 2 is 1.71 bits per heavy atom. The fourth-order valence-electron chi connectivity index (χ4n) is 0.729. The third kappa shape index (κ3) is 3.91. The Morgan fingerprint density at radius 1 is 1.29 bits per heavy atom. The van der Waals surface area contributed by atoms with Gasteiger partial charge < -0.3 is 25.4 Å². The molecule has 0 saturated heterocycles. The third-order valence-electron chi connectivity index (χ3n) is 1.62. The Kier molecular flexibility index (Phi) is 5.44. The van der Waals surface area contributed by atoms with Gasteiger partial charge in [-0.2, -0.15) is 0 Å². The van der Waals surface area contributed by atoms with E-state index in [1.165, 1.54) is 0 Å². The molecular formula is C8H17NO5. The predicted octanol–water partition coefficient (Wildman–Crippen LogP) is -1.16. The van der Waals surface area contributed by atoms with Crippen molar-refractivity contribution in [1.82, 2.24) is 5.32 Å². The highest BCUT2D eigenvalue weighted by Crippen LogP contribution is 2.02. The summed E-state index contributed by atoms with van der Waals surface area (Å²) < 4.78 is 4.73. The van der Waals surface area contributed by atoms with Crippen LogP contribution in [0.1, 0.15) is 13.8 Å². The third-order valence-corrected chi connectivity index (χ3v) is 1.62. The maximum Gasteiger partial charge on any atom is 0.408 e. The number of rotatable bonds is 5. The van der Waals surface area contributed by atoms with Crippen LogP contribution in [-0.4, -0.2) is 52.9 Å². The first-order valence-corrected chi connectivity index (χ1v) is 4.31. The van der Waals surface area contributed by atoms with E-state index in [4.69, 9.17) is 20.1 Å². The van der Waals surface area contributed by atoms with Gasteiger partial charge in [0.25, 0.3) is 0 Å². The van der Waals surface area contributed by atoms with E-state index in [0.29, 0.717) is 0 Å². The molecule has 0 unspecified atom stereocenters. The summed E-state index contributed by atoms with van der Waals surface area (Å²) in [6.07, 6.45) is -1.08. The molecule has 0 aromatic carbocycles. The second kappa shape index (κ2) is 5.79. The van der Waals surface area contributed by atoms with Crippen LogP contribution < -0.4 is 5.32 Å². The van der Waals surface area contributed by atoms with Gasteiger partial charge in [-0.1, -0.05) is 0 Å². The van der Waals surface area contributed by atoms with Crippen LogP contribution >= 0.6 is 0 Å². The number of alkyl carbamates (subject to hydrolysis) is 1. The molecule has 14 heavy (non-hydrogen) atoms. The van der Waals surface area contributed by atoms with Crippen molar-refractivity contribution in [2.24, 2.45) is 0 Å². The normalized spacial score (nSPS) is 11.6. The molecule has 84 valence electrons. The molecule has 0 aromatic rings. The lowest BCUT2D eigenvalue weighted by molar-refractivity contribution is 0.0316. The lowest BCUT2D eigenvalue weighted by atomic mass is 10.0. The van der Waals surface area contributed by atoms with Gasteiger partial charge in [0, 0.05) is 0 Å². The lowest BCUT2D eigenvalue weighted by Gasteiger charge is -2.28. The molecule has 0 aliphatic carbocycles. The summed E-state index contributed by atoms with van der Waals surface area (Å²) in [7, 11) is 0. The van der Waals surface area contributed by atoms with Crippen molar-refractivity contribution in [1.29, 1.82) is 0 Å². The fraction of sp³-hybridized carbons (Fsp3) is 0.875. The number of ether oxygens (including phenoxy) is 1. The SMILES string of the molecule is CC(C)OC(=O)NC(CO)(CO)CO. The molecule has 0 atom stereocenters. The summed E-state index contributed by atoms with van der Waals surface area (Å²) in [5, 5.41) is 28.8. The van der Waals surface area contributed by atoms with E-state index in [1.807, 2.05) is 0 Å². The van der Waals surface area contributed by atoms with Crippen LogP contribution in [-0.2, 0) is 4.74 Å². The summed E-state index contributed by atoms with van der Waals surface area (Å²) in [4.78, 5) is 11.1. The lowest BCUT2D eigenvalue weighted by Crippen LogP contribution is -2.57. The number of carbonyl (C=O) groups is 1. The molecule has 0 aliphatic heterocycles. The summed E-state index contributed by atoms with van der Waals surface area (Å²) in [6.45, 7) is 1.64. The molecule has 0 saturated carbocycles. The Morgan fingerprint density at radius 3 is 2.00 bits per heavy atom. The largest absolute Gasteiger partial charge is 0.447 e. The predicted molar refractivity (Wildman–Crippen MR) is 48.7 cm³/mol. The average molecular weight is 207 g/mol. The first kappa shape index (κ1) is 13.2. The Hall–Kier alpha value is -0.850. The van der Waals surface area contributed by atoms with Gasteiger partial charge in [-0.25, -0.2) is 4.79 Å². The second-order valence-corrected chi connectivity index (χ2v) is 3.33. The number of nitrogens with one attached hydrogen (secondary N) is 1. The van der Waals surface area contributed by atoms with Crippen molar-refractivity contribution >= 4 is 6.09 Å². The van der Waals surface area contributed by atoms with Crippen LogP contribution in [0, 0.1) is 0 Å². The standard InChI is InChI=1S/C8H17NO5/c1-6(2)14-7(13)9-8(3-10,4-11)5-12/h6,10-12H,3-5H2,1-2H3,(H,9,13). The first-order valence-electron chi connectivity index (χ1n) is 4.31.